The van der Waals surface area contributed by atoms with Crippen molar-refractivity contribution in [3.8, 4) is 11.8 Å². The second kappa shape index (κ2) is 4.97. The molecule has 1 aromatic heterocycles. The molecule has 0 amide bonds. The smallest absolute Gasteiger partial charge is 0.322 e. The summed E-state index contributed by atoms with van der Waals surface area (Å²) in [6, 6.07) is 14.0. The van der Waals surface area contributed by atoms with Crippen molar-refractivity contribution in [1.82, 2.24) is 9.97 Å². The van der Waals surface area contributed by atoms with E-state index in [1.807, 2.05) is 49.4 Å². The number of hydrogen-bond acceptors (Lipinski definition) is 3. The number of halogens is 1. The van der Waals surface area contributed by atoms with Crippen LogP contribution >= 0.6 is 15.9 Å². The average Bonchev–Trinajstić information content (AvgIpc) is 2.42. The van der Waals surface area contributed by atoms with Crippen LogP contribution in [0.1, 0.15) is 5.56 Å². The Kier molecular flexibility index (Phi) is 3.17. The number of aromatic nitrogens is 2. The van der Waals surface area contributed by atoms with Crippen molar-refractivity contribution in [2.75, 3.05) is 0 Å². The highest BCUT2D eigenvalue weighted by Crippen LogP contribution is 2.26. The molecule has 3 nitrogen and oxygen atoms in total. The molecular weight excluding hydrogens is 304 g/mol. The van der Waals surface area contributed by atoms with E-state index in [1.54, 1.807) is 6.20 Å². The van der Waals surface area contributed by atoms with Gasteiger partial charge in [-0.25, -0.2) is 4.98 Å². The maximum Gasteiger partial charge on any atom is 0.322 e. The van der Waals surface area contributed by atoms with Crippen molar-refractivity contribution in [2.24, 2.45) is 0 Å². The lowest BCUT2D eigenvalue weighted by Crippen LogP contribution is -1.93. The molecule has 4 heteroatoms. The topological polar surface area (TPSA) is 35.0 Å². The third-order valence-electron chi connectivity index (χ3n) is 2.81. The quantitative estimate of drug-likeness (QED) is 0.699. The van der Waals surface area contributed by atoms with Crippen LogP contribution in [0.4, 0.5) is 0 Å². The van der Waals surface area contributed by atoms with Gasteiger partial charge in [0.2, 0.25) is 0 Å². The predicted octanol–water partition coefficient (Wildman–Crippen LogP) is 4.49. The Labute approximate surface area is 119 Å². The summed E-state index contributed by atoms with van der Waals surface area (Å²) in [4.78, 5) is 8.61. The van der Waals surface area contributed by atoms with Crippen LogP contribution in [0.15, 0.2) is 53.1 Å². The van der Waals surface area contributed by atoms with Gasteiger partial charge in [-0.2, -0.15) is 4.98 Å². The van der Waals surface area contributed by atoms with Gasteiger partial charge in [0.05, 0.1) is 5.52 Å². The first kappa shape index (κ1) is 12.1. The molecule has 0 bridgehead atoms. The van der Waals surface area contributed by atoms with Crippen LogP contribution in [0.3, 0.4) is 0 Å². The number of aryl methyl sites for hydroxylation is 1. The number of hydrogen-bond donors (Lipinski definition) is 0. The first-order valence-electron chi connectivity index (χ1n) is 5.88. The van der Waals surface area contributed by atoms with E-state index in [-0.39, 0.29) is 0 Å². The number of nitrogens with zero attached hydrogens (tertiary/aromatic N) is 2. The molecule has 1 heterocycles. The van der Waals surface area contributed by atoms with Crippen LogP contribution < -0.4 is 4.74 Å². The van der Waals surface area contributed by atoms with E-state index in [0.29, 0.717) is 6.01 Å². The fourth-order valence-electron chi connectivity index (χ4n) is 1.83. The van der Waals surface area contributed by atoms with Gasteiger partial charge in [-0.3, -0.25) is 0 Å². The Balaban J connectivity index is 1.96. The standard InChI is InChI=1S/C15H11BrN2O/c1-10-8-12(16)6-7-14(10)19-15-17-9-11-4-2-3-5-13(11)18-15/h2-9H,1H3. The number of benzene rings is 2. The zero-order chi connectivity index (χ0) is 13.2. The van der Waals surface area contributed by atoms with Crippen molar-refractivity contribution in [3.05, 3.63) is 58.7 Å². The highest BCUT2D eigenvalue weighted by molar-refractivity contribution is 9.10. The van der Waals surface area contributed by atoms with Gasteiger partial charge in [-0.05, 0) is 36.8 Å². The summed E-state index contributed by atoms with van der Waals surface area (Å²) < 4.78 is 6.75. The van der Waals surface area contributed by atoms with Gasteiger partial charge in [0, 0.05) is 16.1 Å². The SMILES string of the molecule is Cc1cc(Br)ccc1Oc1ncc2ccccc2n1. The summed E-state index contributed by atoms with van der Waals surface area (Å²) in [6.07, 6.45) is 1.77. The Morgan fingerprint density at radius 2 is 1.95 bits per heavy atom. The summed E-state index contributed by atoms with van der Waals surface area (Å²) in [6.45, 7) is 1.99. The van der Waals surface area contributed by atoms with E-state index < -0.39 is 0 Å². The number of rotatable bonds is 2. The van der Waals surface area contributed by atoms with Gasteiger partial charge >= 0.3 is 6.01 Å². The highest BCUT2D eigenvalue weighted by atomic mass is 79.9. The minimum absolute atomic E-state index is 0.365. The summed E-state index contributed by atoms with van der Waals surface area (Å²) >= 11 is 3.43. The van der Waals surface area contributed by atoms with Crippen molar-refractivity contribution in [3.63, 3.8) is 0 Å². The first-order chi connectivity index (χ1) is 9.22. The molecule has 0 saturated carbocycles. The molecule has 19 heavy (non-hydrogen) atoms. The molecule has 94 valence electrons. The Morgan fingerprint density at radius 1 is 1.11 bits per heavy atom. The van der Waals surface area contributed by atoms with Gasteiger partial charge in [-0.1, -0.05) is 34.1 Å². The number of ether oxygens (including phenoxy) is 1. The van der Waals surface area contributed by atoms with Crippen molar-refractivity contribution in [2.45, 2.75) is 6.92 Å². The van der Waals surface area contributed by atoms with E-state index in [9.17, 15) is 0 Å². The largest absolute Gasteiger partial charge is 0.424 e. The fraction of sp³-hybridized carbons (Fsp3) is 0.0667. The minimum Gasteiger partial charge on any atom is -0.424 e. The van der Waals surface area contributed by atoms with Crippen LogP contribution in [-0.2, 0) is 0 Å². The van der Waals surface area contributed by atoms with Crippen LogP contribution in [0.2, 0.25) is 0 Å². The number of para-hydroxylation sites is 1. The highest BCUT2D eigenvalue weighted by Gasteiger charge is 2.05. The predicted molar refractivity (Wildman–Crippen MR) is 78.5 cm³/mol. The number of fused-ring (bicyclic) bond motifs is 1. The Bertz CT molecular complexity index is 743. The van der Waals surface area contributed by atoms with Crippen molar-refractivity contribution in [1.29, 1.82) is 0 Å². The molecular formula is C15H11BrN2O. The molecule has 0 unspecified atom stereocenters. The van der Waals surface area contributed by atoms with E-state index >= 15 is 0 Å². The van der Waals surface area contributed by atoms with Gasteiger partial charge in [-0.15, -0.1) is 0 Å². The van der Waals surface area contributed by atoms with E-state index in [4.69, 9.17) is 4.74 Å². The van der Waals surface area contributed by atoms with Crippen LogP contribution in [-0.4, -0.2) is 9.97 Å². The van der Waals surface area contributed by atoms with Gasteiger partial charge in [0.15, 0.2) is 0 Å². The molecule has 2 aromatic carbocycles. The lowest BCUT2D eigenvalue weighted by molar-refractivity contribution is 0.441. The Hall–Kier alpha value is -1.94. The molecule has 0 N–H and O–H groups in total. The molecule has 0 aliphatic rings. The summed E-state index contributed by atoms with van der Waals surface area (Å²) in [5.74, 6) is 0.762. The van der Waals surface area contributed by atoms with Gasteiger partial charge in [0.25, 0.3) is 0 Å². The molecule has 0 radical (unpaired) electrons. The Morgan fingerprint density at radius 3 is 2.79 bits per heavy atom. The first-order valence-corrected chi connectivity index (χ1v) is 6.67. The zero-order valence-electron chi connectivity index (χ0n) is 10.3. The fourth-order valence-corrected chi connectivity index (χ4v) is 2.31. The van der Waals surface area contributed by atoms with Crippen LogP contribution in [0.25, 0.3) is 10.9 Å². The molecule has 0 atom stereocenters. The minimum atomic E-state index is 0.365. The molecule has 0 aliphatic heterocycles. The third-order valence-corrected chi connectivity index (χ3v) is 3.30. The molecule has 0 spiro atoms. The molecule has 3 aromatic rings. The van der Waals surface area contributed by atoms with Crippen LogP contribution in [0.5, 0.6) is 11.8 Å². The average molecular weight is 315 g/mol. The summed E-state index contributed by atoms with van der Waals surface area (Å²) in [5.41, 5.74) is 1.91. The van der Waals surface area contributed by atoms with Gasteiger partial charge in [0.1, 0.15) is 5.75 Å². The van der Waals surface area contributed by atoms with E-state index in [0.717, 1.165) is 26.7 Å². The monoisotopic (exact) mass is 314 g/mol. The lowest BCUT2D eigenvalue weighted by Gasteiger charge is -2.07. The lowest BCUT2D eigenvalue weighted by atomic mass is 10.2. The van der Waals surface area contributed by atoms with Crippen molar-refractivity contribution < 1.29 is 4.74 Å². The normalized spacial score (nSPS) is 10.6. The van der Waals surface area contributed by atoms with Crippen LogP contribution in [0, 0.1) is 6.92 Å². The summed E-state index contributed by atoms with van der Waals surface area (Å²) in [5, 5.41) is 1.00. The third kappa shape index (κ3) is 2.58. The second-order valence-electron chi connectivity index (χ2n) is 4.22. The van der Waals surface area contributed by atoms with Crippen molar-refractivity contribution >= 4 is 26.8 Å². The maximum atomic E-state index is 5.73. The van der Waals surface area contributed by atoms with Gasteiger partial charge < -0.3 is 4.74 Å². The molecule has 0 saturated heterocycles. The second-order valence-corrected chi connectivity index (χ2v) is 5.14. The molecule has 0 aliphatic carbocycles. The molecule has 3 rings (SSSR count). The molecule has 0 fully saturated rings. The maximum absolute atomic E-state index is 5.73. The summed E-state index contributed by atoms with van der Waals surface area (Å²) in [7, 11) is 0. The zero-order valence-corrected chi connectivity index (χ0v) is 11.9. The van der Waals surface area contributed by atoms with E-state index in [1.165, 1.54) is 0 Å². The van der Waals surface area contributed by atoms with E-state index in [2.05, 4.69) is 25.9 Å².